The van der Waals surface area contributed by atoms with Crippen LogP contribution in [0.2, 0.25) is 0 Å². The lowest BCUT2D eigenvalue weighted by molar-refractivity contribution is -0.135. The lowest BCUT2D eigenvalue weighted by Gasteiger charge is -2.28. The second-order valence-corrected chi connectivity index (χ2v) is 9.54. The van der Waals surface area contributed by atoms with Crippen molar-refractivity contribution in [3.05, 3.63) is 102 Å². The van der Waals surface area contributed by atoms with Crippen molar-refractivity contribution in [2.75, 3.05) is 7.11 Å². The van der Waals surface area contributed by atoms with Gasteiger partial charge >= 0.3 is 5.97 Å². The summed E-state index contributed by atoms with van der Waals surface area (Å²) in [6.07, 6.45) is 0. The summed E-state index contributed by atoms with van der Waals surface area (Å²) in [6, 6.07) is 30.3. The first-order valence-corrected chi connectivity index (χ1v) is 10.5. The molecule has 0 aromatic heterocycles. The Morgan fingerprint density at radius 3 is 1.33 bits per heavy atom. The topological polar surface area (TPSA) is 52.3 Å². The molecule has 27 heavy (non-hydrogen) atoms. The van der Waals surface area contributed by atoms with Crippen molar-refractivity contribution in [1.82, 2.24) is 0 Å². The summed E-state index contributed by atoms with van der Waals surface area (Å²) in [7, 11) is -1.11. The van der Waals surface area contributed by atoms with Gasteiger partial charge in [-0.25, -0.2) is 4.79 Å². The Bertz CT molecular complexity index is 837. The molecule has 0 aliphatic carbocycles. The van der Waals surface area contributed by atoms with Gasteiger partial charge < -0.3 is 10.5 Å². The second-order valence-electron chi connectivity index (χ2n) is 6.20. The molecule has 0 bridgehead atoms. The molecule has 2 N–H and O–H groups in total. The number of ether oxygens (including phenoxy) is 1. The van der Waals surface area contributed by atoms with E-state index in [1.807, 2.05) is 54.6 Å². The van der Waals surface area contributed by atoms with Crippen LogP contribution >= 0.6 is 7.26 Å². The van der Waals surface area contributed by atoms with Crippen LogP contribution in [0.4, 0.5) is 0 Å². The predicted octanol–water partition coefficient (Wildman–Crippen LogP) is 3.34. The lowest BCUT2D eigenvalue weighted by Crippen LogP contribution is -2.36. The van der Waals surface area contributed by atoms with Gasteiger partial charge in [0.25, 0.3) is 0 Å². The number of carbonyl (C=O) groups is 1. The van der Waals surface area contributed by atoms with Crippen LogP contribution in [0.3, 0.4) is 0 Å². The van der Waals surface area contributed by atoms with Gasteiger partial charge in [0.1, 0.15) is 15.9 Å². The van der Waals surface area contributed by atoms with Gasteiger partial charge in [0, 0.05) is 0 Å². The molecule has 0 amide bonds. The smallest absolute Gasteiger partial charge is 0.376 e. The van der Waals surface area contributed by atoms with Crippen molar-refractivity contribution in [3.8, 4) is 0 Å². The van der Waals surface area contributed by atoms with Crippen LogP contribution in [0.15, 0.2) is 102 Å². The van der Waals surface area contributed by atoms with Crippen LogP contribution in [-0.2, 0) is 9.53 Å². The van der Waals surface area contributed by atoms with Gasteiger partial charge in [-0.1, -0.05) is 54.6 Å². The van der Waals surface area contributed by atoms with Gasteiger partial charge in [-0.05, 0) is 43.3 Å². The van der Waals surface area contributed by atoms with Gasteiger partial charge in [-0.3, -0.25) is 0 Å². The molecular weight excluding hydrogens is 353 g/mol. The number of methoxy groups -OCH3 is 1. The fraction of sp³-hybridized carbons (Fsp3) is 0.0870. The van der Waals surface area contributed by atoms with Crippen LogP contribution in [0.5, 0.6) is 0 Å². The van der Waals surface area contributed by atoms with Gasteiger partial charge in [0.2, 0.25) is 5.31 Å². The molecule has 0 aliphatic rings. The first-order chi connectivity index (χ1) is 13.1. The molecule has 0 aliphatic heterocycles. The number of rotatable bonds is 5. The standard InChI is InChI=1S/C23H22NO2P/c1-18(24)22(23(25)26-2)27(19-12-6-3-7-13-19,20-14-8-4-9-15-20)21-16-10-5-11-17-21/h3-17H,1-2H3,(H-,24,25)/p+1. The van der Waals surface area contributed by atoms with Gasteiger partial charge in [0.15, 0.2) is 7.26 Å². The molecule has 3 rings (SSSR count). The molecule has 0 unspecified atom stereocenters. The van der Waals surface area contributed by atoms with Crippen LogP contribution in [0, 0.1) is 0 Å². The third-order valence-corrected chi connectivity index (χ3v) is 8.94. The van der Waals surface area contributed by atoms with Gasteiger partial charge in [-0.2, -0.15) is 0 Å². The maximum Gasteiger partial charge on any atom is 0.376 e. The Labute approximate surface area is 160 Å². The minimum Gasteiger partial charge on any atom is -0.463 e. The zero-order chi connectivity index (χ0) is 19.3. The molecule has 3 aromatic rings. The first kappa shape index (κ1) is 18.9. The van der Waals surface area contributed by atoms with E-state index in [2.05, 4.69) is 36.4 Å². The largest absolute Gasteiger partial charge is 0.463 e. The molecule has 0 radical (unpaired) electrons. The van der Waals surface area contributed by atoms with Crippen molar-refractivity contribution in [1.29, 1.82) is 0 Å². The second kappa shape index (κ2) is 8.20. The Hall–Kier alpha value is -2.90. The highest BCUT2D eigenvalue weighted by atomic mass is 31.2. The number of hydrogen-bond acceptors (Lipinski definition) is 3. The van der Waals surface area contributed by atoms with Crippen molar-refractivity contribution in [2.24, 2.45) is 5.73 Å². The molecule has 0 atom stereocenters. The van der Waals surface area contributed by atoms with Gasteiger partial charge in [-0.15, -0.1) is 0 Å². The summed E-state index contributed by atoms with van der Waals surface area (Å²) >= 11 is 0. The summed E-state index contributed by atoms with van der Waals surface area (Å²) in [4.78, 5) is 13.0. The SMILES string of the molecule is COC(=O)/C(=C(/C)N)[P+](c1ccccc1)(c1ccccc1)c1ccccc1. The molecule has 3 aromatic carbocycles. The van der Waals surface area contributed by atoms with E-state index in [0.717, 1.165) is 15.9 Å². The highest BCUT2D eigenvalue weighted by Gasteiger charge is 2.54. The van der Waals surface area contributed by atoms with Crippen LogP contribution in [0.1, 0.15) is 6.92 Å². The number of carbonyl (C=O) groups excluding carboxylic acids is 1. The van der Waals surface area contributed by atoms with Crippen molar-refractivity contribution in [2.45, 2.75) is 6.92 Å². The summed E-state index contributed by atoms with van der Waals surface area (Å²) in [6.45, 7) is 1.77. The summed E-state index contributed by atoms with van der Waals surface area (Å²) in [5.74, 6) is -0.389. The minimum atomic E-state index is -2.51. The summed E-state index contributed by atoms with van der Waals surface area (Å²) in [5.41, 5.74) is 6.80. The highest BCUT2D eigenvalue weighted by molar-refractivity contribution is 7.99. The third-order valence-electron chi connectivity index (χ3n) is 4.52. The number of esters is 1. The molecule has 3 nitrogen and oxygen atoms in total. The number of allylic oxidation sites excluding steroid dienone is 1. The van der Waals surface area contributed by atoms with E-state index in [4.69, 9.17) is 10.5 Å². The molecule has 136 valence electrons. The van der Waals surface area contributed by atoms with E-state index in [9.17, 15) is 4.79 Å². The fourth-order valence-corrected chi connectivity index (χ4v) is 7.87. The maximum atomic E-state index is 13.0. The quantitative estimate of drug-likeness (QED) is 0.422. The molecule has 4 heteroatoms. The first-order valence-electron chi connectivity index (χ1n) is 8.73. The van der Waals surface area contributed by atoms with E-state index in [0.29, 0.717) is 11.0 Å². The normalized spacial score (nSPS) is 12.2. The Morgan fingerprint density at radius 1 is 0.741 bits per heavy atom. The average Bonchev–Trinajstić information content (AvgIpc) is 2.73. The van der Waals surface area contributed by atoms with Crippen LogP contribution < -0.4 is 21.6 Å². The van der Waals surface area contributed by atoms with E-state index in [1.54, 1.807) is 6.92 Å². The highest BCUT2D eigenvalue weighted by Crippen LogP contribution is 2.63. The Morgan fingerprint density at radius 2 is 1.07 bits per heavy atom. The zero-order valence-electron chi connectivity index (χ0n) is 15.5. The van der Waals surface area contributed by atoms with E-state index >= 15 is 0 Å². The molecule has 0 saturated heterocycles. The predicted molar refractivity (Wildman–Crippen MR) is 114 cm³/mol. The summed E-state index contributed by atoms with van der Waals surface area (Å²) in [5, 5.41) is 3.72. The Kier molecular flexibility index (Phi) is 5.73. The van der Waals surface area contributed by atoms with Crippen molar-refractivity contribution in [3.63, 3.8) is 0 Å². The maximum absolute atomic E-state index is 13.0. The van der Waals surface area contributed by atoms with Crippen LogP contribution in [0.25, 0.3) is 0 Å². The Balaban J connectivity index is 2.51. The average molecular weight is 376 g/mol. The third kappa shape index (κ3) is 3.39. The monoisotopic (exact) mass is 376 g/mol. The van der Waals surface area contributed by atoms with Crippen molar-refractivity contribution < 1.29 is 9.53 Å². The number of benzene rings is 3. The molecule has 0 spiro atoms. The minimum absolute atomic E-state index is 0.389. The number of nitrogens with two attached hydrogens (primary N) is 1. The summed E-state index contributed by atoms with van der Waals surface area (Å²) < 4.78 is 5.20. The molecule has 0 fully saturated rings. The van der Waals surface area contributed by atoms with Crippen LogP contribution in [-0.4, -0.2) is 13.1 Å². The van der Waals surface area contributed by atoms with E-state index in [1.165, 1.54) is 7.11 Å². The fourth-order valence-electron chi connectivity index (χ4n) is 3.45. The van der Waals surface area contributed by atoms with E-state index < -0.39 is 7.26 Å². The molecular formula is C23H23NO2P+. The molecule has 0 saturated carbocycles. The van der Waals surface area contributed by atoms with Crippen molar-refractivity contribution >= 4 is 29.1 Å². The molecule has 0 heterocycles. The lowest BCUT2D eigenvalue weighted by atomic mass is 10.3. The van der Waals surface area contributed by atoms with Gasteiger partial charge in [0.05, 0.1) is 12.8 Å². The number of hydrogen-bond donors (Lipinski definition) is 1. The zero-order valence-corrected chi connectivity index (χ0v) is 16.4. The van der Waals surface area contributed by atoms with E-state index in [-0.39, 0.29) is 5.97 Å².